The Balaban J connectivity index is 1.64. The maximum absolute atomic E-state index is 12.6. The van der Waals surface area contributed by atoms with Crippen molar-refractivity contribution in [3.05, 3.63) is 61.5 Å². The summed E-state index contributed by atoms with van der Waals surface area (Å²) in [6.07, 6.45) is 4.82. The molecular formula is C18H18N4O4S. The second-order valence-electron chi connectivity index (χ2n) is 6.52. The van der Waals surface area contributed by atoms with Crippen LogP contribution in [-0.2, 0) is 0 Å². The Bertz CT molecular complexity index is 1120. The third-order valence-corrected chi connectivity index (χ3v) is 5.46. The van der Waals surface area contributed by atoms with E-state index in [0.717, 1.165) is 25.9 Å². The summed E-state index contributed by atoms with van der Waals surface area (Å²) >= 11 is 1.31. The average Bonchev–Trinajstić information content (AvgIpc) is 3.14. The van der Waals surface area contributed by atoms with Crippen LogP contribution in [0, 0.1) is 6.92 Å². The normalized spacial score (nSPS) is 17.1. The molecule has 1 amide bonds. The van der Waals surface area contributed by atoms with Crippen molar-refractivity contribution in [2.24, 2.45) is 0 Å². The Kier molecular flexibility index (Phi) is 4.63. The highest BCUT2D eigenvalue weighted by atomic mass is 32.1. The first-order chi connectivity index (χ1) is 13.0. The smallest absolute Gasteiger partial charge is 0.349 e. The minimum Gasteiger partial charge on any atom is -0.427 e. The van der Waals surface area contributed by atoms with Gasteiger partial charge in [-0.25, -0.2) is 9.78 Å². The van der Waals surface area contributed by atoms with Crippen molar-refractivity contribution in [3.63, 3.8) is 0 Å². The number of carbonyl (C=O) groups excluding carboxylic acids is 1. The Morgan fingerprint density at radius 3 is 3.04 bits per heavy atom. The SMILES string of the molecule is Cc1cc(C2CCCNC2)oc(=O)c1C(=O)Nc1cnc2sccn2c1=O. The van der Waals surface area contributed by atoms with E-state index in [1.165, 1.54) is 21.9 Å². The topological polar surface area (TPSA) is 106 Å². The number of thiazole rings is 1. The summed E-state index contributed by atoms with van der Waals surface area (Å²) in [6, 6.07) is 1.74. The van der Waals surface area contributed by atoms with E-state index < -0.39 is 17.1 Å². The van der Waals surface area contributed by atoms with Gasteiger partial charge in [0.2, 0.25) is 0 Å². The van der Waals surface area contributed by atoms with Gasteiger partial charge >= 0.3 is 5.63 Å². The molecule has 1 aliphatic rings. The van der Waals surface area contributed by atoms with Crippen LogP contribution < -0.4 is 21.8 Å². The van der Waals surface area contributed by atoms with Crippen LogP contribution in [0.3, 0.4) is 0 Å². The number of aromatic nitrogens is 2. The third kappa shape index (κ3) is 3.31. The molecule has 0 aliphatic carbocycles. The molecule has 0 aromatic carbocycles. The number of hydrogen-bond acceptors (Lipinski definition) is 7. The molecule has 3 aromatic rings. The largest absolute Gasteiger partial charge is 0.427 e. The summed E-state index contributed by atoms with van der Waals surface area (Å²) in [5.41, 5.74) is -0.666. The number of anilines is 1. The van der Waals surface area contributed by atoms with Crippen LogP contribution in [-0.4, -0.2) is 28.4 Å². The van der Waals surface area contributed by atoms with Gasteiger partial charge in [-0.05, 0) is 37.9 Å². The minimum absolute atomic E-state index is 0.00950. The molecule has 1 aliphatic heterocycles. The molecule has 0 saturated carbocycles. The van der Waals surface area contributed by atoms with Gasteiger partial charge in [0, 0.05) is 24.0 Å². The number of carbonyl (C=O) groups is 1. The van der Waals surface area contributed by atoms with Crippen LogP contribution in [0.2, 0.25) is 0 Å². The molecule has 8 nitrogen and oxygen atoms in total. The quantitative estimate of drug-likeness (QED) is 0.710. The van der Waals surface area contributed by atoms with Crippen molar-refractivity contribution in [1.82, 2.24) is 14.7 Å². The number of nitrogens with zero attached hydrogens (tertiary/aromatic N) is 2. The second kappa shape index (κ2) is 7.09. The van der Waals surface area contributed by atoms with Gasteiger partial charge in [0.1, 0.15) is 17.0 Å². The van der Waals surface area contributed by atoms with Gasteiger partial charge in [-0.2, -0.15) is 0 Å². The molecule has 3 aromatic heterocycles. The van der Waals surface area contributed by atoms with Crippen molar-refractivity contribution < 1.29 is 9.21 Å². The predicted octanol–water partition coefficient (Wildman–Crippen LogP) is 1.74. The summed E-state index contributed by atoms with van der Waals surface area (Å²) < 4.78 is 6.76. The molecule has 1 unspecified atom stereocenters. The Morgan fingerprint density at radius 2 is 2.30 bits per heavy atom. The van der Waals surface area contributed by atoms with Crippen molar-refractivity contribution in [2.45, 2.75) is 25.7 Å². The molecular weight excluding hydrogens is 368 g/mol. The van der Waals surface area contributed by atoms with E-state index >= 15 is 0 Å². The highest BCUT2D eigenvalue weighted by Crippen LogP contribution is 2.23. The van der Waals surface area contributed by atoms with Gasteiger partial charge in [0.05, 0.1) is 6.20 Å². The highest BCUT2D eigenvalue weighted by molar-refractivity contribution is 7.15. The summed E-state index contributed by atoms with van der Waals surface area (Å²) in [4.78, 5) is 42.1. The first kappa shape index (κ1) is 17.6. The summed E-state index contributed by atoms with van der Waals surface area (Å²) in [5, 5.41) is 7.49. The highest BCUT2D eigenvalue weighted by Gasteiger charge is 2.23. The number of nitrogens with one attached hydrogen (secondary N) is 2. The van der Waals surface area contributed by atoms with Crippen LogP contribution in [0.1, 0.15) is 40.4 Å². The molecule has 1 saturated heterocycles. The molecule has 1 atom stereocenters. The zero-order valence-corrected chi connectivity index (χ0v) is 15.5. The fraction of sp³-hybridized carbons (Fsp3) is 0.333. The Hall–Kier alpha value is -2.78. The van der Waals surface area contributed by atoms with E-state index in [0.29, 0.717) is 16.3 Å². The van der Waals surface area contributed by atoms with Crippen LogP contribution >= 0.6 is 11.3 Å². The van der Waals surface area contributed by atoms with Gasteiger partial charge in [0.15, 0.2) is 4.96 Å². The molecule has 0 bridgehead atoms. The van der Waals surface area contributed by atoms with Gasteiger partial charge in [-0.3, -0.25) is 14.0 Å². The van der Waals surface area contributed by atoms with Crippen molar-refractivity contribution in [1.29, 1.82) is 0 Å². The predicted molar refractivity (Wildman–Crippen MR) is 102 cm³/mol. The maximum Gasteiger partial charge on any atom is 0.349 e. The van der Waals surface area contributed by atoms with E-state index in [1.54, 1.807) is 24.6 Å². The van der Waals surface area contributed by atoms with Crippen LogP contribution in [0.5, 0.6) is 0 Å². The average molecular weight is 386 g/mol. The van der Waals surface area contributed by atoms with Gasteiger partial charge < -0.3 is 15.1 Å². The monoisotopic (exact) mass is 386 g/mol. The fourth-order valence-corrected chi connectivity index (χ4v) is 3.97. The van der Waals surface area contributed by atoms with E-state index in [9.17, 15) is 14.4 Å². The number of aryl methyl sites for hydroxylation is 1. The van der Waals surface area contributed by atoms with Crippen molar-refractivity contribution >= 4 is 27.9 Å². The fourth-order valence-electron chi connectivity index (χ4n) is 3.30. The van der Waals surface area contributed by atoms with E-state index in [2.05, 4.69) is 15.6 Å². The van der Waals surface area contributed by atoms with Crippen LogP contribution in [0.15, 0.2) is 37.8 Å². The molecule has 0 radical (unpaired) electrons. The van der Waals surface area contributed by atoms with Crippen molar-refractivity contribution in [3.8, 4) is 0 Å². The third-order valence-electron chi connectivity index (χ3n) is 4.69. The summed E-state index contributed by atoms with van der Waals surface area (Å²) in [7, 11) is 0. The second-order valence-corrected chi connectivity index (χ2v) is 7.40. The van der Waals surface area contributed by atoms with Gasteiger partial charge in [-0.1, -0.05) is 0 Å². The minimum atomic E-state index is -0.697. The number of amides is 1. The van der Waals surface area contributed by atoms with Crippen LogP contribution in [0.4, 0.5) is 5.69 Å². The maximum atomic E-state index is 12.6. The molecule has 1 fully saturated rings. The lowest BCUT2D eigenvalue weighted by molar-refractivity contribution is 0.102. The van der Waals surface area contributed by atoms with Crippen molar-refractivity contribution in [2.75, 3.05) is 18.4 Å². The first-order valence-electron chi connectivity index (χ1n) is 8.66. The standard InChI is InChI=1S/C18H18N4O4S/c1-10-7-13(11-3-2-4-19-8-11)26-17(25)14(10)15(23)21-12-9-20-18-22(16(12)24)5-6-27-18/h5-7,9,11,19H,2-4,8H2,1H3,(H,21,23). The van der Waals surface area contributed by atoms with E-state index in [-0.39, 0.29) is 17.2 Å². The molecule has 2 N–H and O–H groups in total. The Morgan fingerprint density at radius 1 is 1.44 bits per heavy atom. The van der Waals surface area contributed by atoms with E-state index in [4.69, 9.17) is 4.42 Å². The number of hydrogen-bond donors (Lipinski definition) is 2. The van der Waals surface area contributed by atoms with Gasteiger partial charge in [0.25, 0.3) is 11.5 Å². The number of fused-ring (bicyclic) bond motifs is 1. The number of rotatable bonds is 3. The summed E-state index contributed by atoms with van der Waals surface area (Å²) in [5.74, 6) is 0.0310. The lowest BCUT2D eigenvalue weighted by atomic mass is 9.95. The Labute approximate surface area is 157 Å². The molecule has 4 rings (SSSR count). The number of piperidine rings is 1. The van der Waals surface area contributed by atoms with Crippen LogP contribution in [0.25, 0.3) is 4.96 Å². The zero-order chi connectivity index (χ0) is 19.0. The molecule has 0 spiro atoms. The van der Waals surface area contributed by atoms with E-state index in [1.807, 2.05) is 0 Å². The zero-order valence-electron chi connectivity index (χ0n) is 14.7. The van der Waals surface area contributed by atoms with Gasteiger partial charge in [-0.15, -0.1) is 11.3 Å². The molecule has 27 heavy (non-hydrogen) atoms. The molecule has 140 valence electrons. The molecule has 4 heterocycles. The summed E-state index contributed by atoms with van der Waals surface area (Å²) in [6.45, 7) is 3.40. The lowest BCUT2D eigenvalue weighted by Gasteiger charge is -2.22. The molecule has 9 heteroatoms. The lowest BCUT2D eigenvalue weighted by Crippen LogP contribution is -2.30. The first-order valence-corrected chi connectivity index (χ1v) is 9.54.